The fourth-order valence-electron chi connectivity index (χ4n) is 3.02. The summed E-state index contributed by atoms with van der Waals surface area (Å²) in [5.74, 6) is 0.602. The fraction of sp³-hybridized carbons (Fsp3) is 0.316. The van der Waals surface area contributed by atoms with E-state index >= 15 is 0 Å². The number of hydrogen-bond donors (Lipinski definition) is 0. The predicted octanol–water partition coefficient (Wildman–Crippen LogP) is 2.63. The Morgan fingerprint density at radius 3 is 2.54 bits per heavy atom. The van der Waals surface area contributed by atoms with Crippen molar-refractivity contribution in [2.45, 2.75) is 6.92 Å². The van der Waals surface area contributed by atoms with Crippen LogP contribution < -0.4 is 9.64 Å². The predicted molar refractivity (Wildman–Crippen MR) is 98.6 cm³/mol. The summed E-state index contributed by atoms with van der Waals surface area (Å²) < 4.78 is 5.57. The molecule has 0 aliphatic carbocycles. The van der Waals surface area contributed by atoms with E-state index in [1.165, 1.54) is 6.07 Å². The van der Waals surface area contributed by atoms with E-state index in [9.17, 15) is 14.9 Å². The zero-order valence-electron chi connectivity index (χ0n) is 14.6. The summed E-state index contributed by atoms with van der Waals surface area (Å²) in [5, 5.41) is 11.2. The molecule has 7 heteroatoms. The van der Waals surface area contributed by atoms with Crippen LogP contribution in [-0.4, -0.2) is 48.5 Å². The summed E-state index contributed by atoms with van der Waals surface area (Å²) in [7, 11) is 0. The first-order valence-electron chi connectivity index (χ1n) is 8.50. The van der Waals surface area contributed by atoms with Crippen LogP contribution in [0.25, 0.3) is 0 Å². The lowest BCUT2D eigenvalue weighted by atomic mass is 10.2. The van der Waals surface area contributed by atoms with E-state index in [1.807, 2.05) is 36.1 Å². The second-order valence-corrected chi connectivity index (χ2v) is 6.22. The summed E-state index contributed by atoms with van der Waals surface area (Å²) in [6, 6.07) is 14.3. The zero-order chi connectivity index (χ0) is 18.5. The van der Waals surface area contributed by atoms with Gasteiger partial charge in [-0.2, -0.15) is 0 Å². The lowest BCUT2D eigenvalue weighted by Crippen LogP contribution is -2.50. The Bertz CT molecular complexity index is 801. The molecule has 0 bridgehead atoms. The van der Waals surface area contributed by atoms with Gasteiger partial charge in [-0.05, 0) is 30.7 Å². The minimum absolute atomic E-state index is 0.00502. The molecule has 0 unspecified atom stereocenters. The van der Waals surface area contributed by atoms with E-state index in [-0.39, 0.29) is 23.1 Å². The van der Waals surface area contributed by atoms with Crippen molar-refractivity contribution in [3.8, 4) is 5.75 Å². The maximum Gasteiger partial charge on any atom is 0.292 e. The third-order valence-electron chi connectivity index (χ3n) is 4.40. The molecule has 3 rings (SSSR count). The molecule has 1 aliphatic rings. The Hall–Kier alpha value is -3.09. The number of nitrogens with zero attached hydrogens (tertiary/aromatic N) is 3. The molecule has 2 aromatic rings. The van der Waals surface area contributed by atoms with E-state index in [0.717, 1.165) is 5.56 Å². The van der Waals surface area contributed by atoms with Gasteiger partial charge in [-0.25, -0.2) is 0 Å². The maximum atomic E-state index is 12.3. The third kappa shape index (κ3) is 4.11. The topological polar surface area (TPSA) is 75.9 Å². The molecular weight excluding hydrogens is 334 g/mol. The number of ether oxygens (including phenoxy) is 1. The first kappa shape index (κ1) is 17.7. The van der Waals surface area contributed by atoms with Crippen molar-refractivity contribution in [2.24, 2.45) is 0 Å². The van der Waals surface area contributed by atoms with Gasteiger partial charge in [0.1, 0.15) is 11.4 Å². The number of piperazine rings is 1. The molecule has 0 radical (unpaired) electrons. The summed E-state index contributed by atoms with van der Waals surface area (Å²) in [4.78, 5) is 26.8. The van der Waals surface area contributed by atoms with Crippen LogP contribution in [0.4, 0.5) is 11.4 Å². The van der Waals surface area contributed by atoms with Crippen LogP contribution in [0.3, 0.4) is 0 Å². The van der Waals surface area contributed by atoms with Crippen LogP contribution in [0.5, 0.6) is 5.75 Å². The number of nitro benzene ring substituents is 1. The second kappa shape index (κ2) is 7.86. The summed E-state index contributed by atoms with van der Waals surface area (Å²) >= 11 is 0. The molecule has 2 aromatic carbocycles. The Balaban J connectivity index is 1.55. The van der Waals surface area contributed by atoms with Crippen molar-refractivity contribution in [1.29, 1.82) is 0 Å². The van der Waals surface area contributed by atoms with Gasteiger partial charge < -0.3 is 14.5 Å². The smallest absolute Gasteiger partial charge is 0.292 e. The highest BCUT2D eigenvalue weighted by atomic mass is 16.6. The lowest BCUT2D eigenvalue weighted by molar-refractivity contribution is -0.384. The average molecular weight is 355 g/mol. The van der Waals surface area contributed by atoms with Gasteiger partial charge in [0, 0.05) is 32.2 Å². The van der Waals surface area contributed by atoms with Crippen LogP contribution in [0.2, 0.25) is 0 Å². The lowest BCUT2D eigenvalue weighted by Gasteiger charge is -2.35. The molecule has 1 heterocycles. The zero-order valence-corrected chi connectivity index (χ0v) is 14.6. The normalized spacial score (nSPS) is 14.2. The van der Waals surface area contributed by atoms with Crippen molar-refractivity contribution >= 4 is 17.3 Å². The number of hydrogen-bond acceptors (Lipinski definition) is 5. The molecule has 7 nitrogen and oxygen atoms in total. The van der Waals surface area contributed by atoms with E-state index in [2.05, 4.69) is 0 Å². The third-order valence-corrected chi connectivity index (χ3v) is 4.40. The van der Waals surface area contributed by atoms with Crippen LogP contribution in [0.15, 0.2) is 48.5 Å². The number of amides is 1. The van der Waals surface area contributed by atoms with Crippen molar-refractivity contribution in [2.75, 3.05) is 37.7 Å². The van der Waals surface area contributed by atoms with Crippen molar-refractivity contribution < 1.29 is 14.5 Å². The first-order valence-corrected chi connectivity index (χ1v) is 8.50. The number of rotatable bonds is 5. The van der Waals surface area contributed by atoms with Crippen LogP contribution in [-0.2, 0) is 4.79 Å². The largest absolute Gasteiger partial charge is 0.484 e. The molecule has 1 amide bonds. The summed E-state index contributed by atoms with van der Waals surface area (Å²) in [6.45, 7) is 4.11. The Labute approximate surface area is 151 Å². The van der Waals surface area contributed by atoms with E-state index in [1.54, 1.807) is 23.1 Å². The number of aryl methyl sites for hydroxylation is 1. The Morgan fingerprint density at radius 2 is 1.85 bits per heavy atom. The monoisotopic (exact) mass is 355 g/mol. The molecule has 0 N–H and O–H groups in total. The van der Waals surface area contributed by atoms with Gasteiger partial charge >= 0.3 is 0 Å². The molecule has 0 atom stereocenters. The van der Waals surface area contributed by atoms with Gasteiger partial charge in [0.15, 0.2) is 6.61 Å². The molecule has 1 saturated heterocycles. The van der Waals surface area contributed by atoms with Crippen LogP contribution >= 0.6 is 0 Å². The Morgan fingerprint density at radius 1 is 1.12 bits per heavy atom. The minimum Gasteiger partial charge on any atom is -0.484 e. The van der Waals surface area contributed by atoms with E-state index in [4.69, 9.17) is 4.74 Å². The van der Waals surface area contributed by atoms with Gasteiger partial charge in [-0.3, -0.25) is 14.9 Å². The van der Waals surface area contributed by atoms with Crippen molar-refractivity contribution in [3.63, 3.8) is 0 Å². The maximum absolute atomic E-state index is 12.3. The average Bonchev–Trinajstić information content (AvgIpc) is 2.66. The number of anilines is 1. The molecule has 0 aromatic heterocycles. The van der Waals surface area contributed by atoms with Crippen LogP contribution in [0, 0.1) is 17.0 Å². The van der Waals surface area contributed by atoms with E-state index < -0.39 is 0 Å². The summed E-state index contributed by atoms with van der Waals surface area (Å²) in [6.07, 6.45) is 0. The molecule has 1 fully saturated rings. The van der Waals surface area contributed by atoms with Gasteiger partial charge in [0.05, 0.1) is 4.92 Å². The van der Waals surface area contributed by atoms with Crippen molar-refractivity contribution in [3.05, 3.63) is 64.2 Å². The number of nitro groups is 1. The van der Waals surface area contributed by atoms with Gasteiger partial charge in [0.25, 0.3) is 11.6 Å². The number of para-hydroxylation sites is 2. The van der Waals surface area contributed by atoms with Gasteiger partial charge in [-0.15, -0.1) is 0 Å². The number of benzene rings is 2. The van der Waals surface area contributed by atoms with E-state index in [0.29, 0.717) is 37.6 Å². The Kier molecular flexibility index (Phi) is 5.36. The highest BCUT2D eigenvalue weighted by Gasteiger charge is 2.25. The highest BCUT2D eigenvalue weighted by molar-refractivity contribution is 5.78. The minimum atomic E-state index is -0.372. The highest BCUT2D eigenvalue weighted by Crippen LogP contribution is 2.28. The van der Waals surface area contributed by atoms with Crippen molar-refractivity contribution in [1.82, 2.24) is 4.90 Å². The van der Waals surface area contributed by atoms with Gasteiger partial charge in [0.2, 0.25) is 0 Å². The second-order valence-electron chi connectivity index (χ2n) is 6.22. The molecule has 0 spiro atoms. The quantitative estimate of drug-likeness (QED) is 0.609. The molecule has 26 heavy (non-hydrogen) atoms. The standard InChI is InChI=1S/C19H21N3O4/c1-15-5-4-6-16(13-15)26-14-19(23)21-11-9-20(10-12-21)17-7-2-3-8-18(17)22(24)25/h2-8,13H,9-12,14H2,1H3. The summed E-state index contributed by atoms with van der Waals surface area (Å²) in [5.41, 5.74) is 1.77. The molecular formula is C19H21N3O4. The number of carbonyl (C=O) groups excluding carboxylic acids is 1. The van der Waals surface area contributed by atoms with Crippen LogP contribution in [0.1, 0.15) is 5.56 Å². The molecule has 136 valence electrons. The number of carbonyl (C=O) groups is 1. The van der Waals surface area contributed by atoms with Gasteiger partial charge in [-0.1, -0.05) is 24.3 Å². The molecule has 0 saturated carbocycles. The molecule has 1 aliphatic heterocycles. The fourth-order valence-corrected chi connectivity index (χ4v) is 3.02. The first-order chi connectivity index (χ1) is 12.5. The SMILES string of the molecule is Cc1cccc(OCC(=O)N2CCN(c3ccccc3[N+](=O)[O-])CC2)c1.